The number of nitrogens with zero attached hydrogens (tertiary/aromatic N) is 2. The molecule has 0 aliphatic heterocycles. The Morgan fingerprint density at radius 3 is 2.58 bits per heavy atom. The molecule has 0 unspecified atom stereocenters. The Morgan fingerprint density at radius 1 is 1.50 bits per heavy atom. The van der Waals surface area contributed by atoms with E-state index in [0.717, 1.165) is 6.20 Å². The Labute approximate surface area is 82.6 Å². The average molecular weight is 304 g/mol. The van der Waals surface area contributed by atoms with Crippen LogP contribution in [0.5, 0.6) is 0 Å². The highest BCUT2D eigenvalue weighted by atomic mass is 79.9. The topological polar surface area (TPSA) is 34.9 Å². The minimum Gasteiger partial charge on any atom is -0.266 e. The molecule has 0 amide bonds. The molecule has 0 aliphatic rings. The molecular weight excluding hydrogens is 302 g/mol. The Balaban J connectivity index is 3.37. The molecule has 0 saturated carbocycles. The molecule has 1 aromatic heterocycles. The fraction of sp³-hybridized carbons (Fsp3) is 0.200. The second kappa shape index (κ2) is 3.61. The lowest BCUT2D eigenvalue weighted by Crippen LogP contribution is -2.23. The summed E-state index contributed by atoms with van der Waals surface area (Å²) in [5.41, 5.74) is -0.862. The summed E-state index contributed by atoms with van der Waals surface area (Å²) in [5, 5.41) is 3.22. The van der Waals surface area contributed by atoms with Crippen molar-refractivity contribution in [1.82, 2.24) is 9.78 Å². The van der Waals surface area contributed by atoms with Gasteiger partial charge in [-0.25, -0.2) is 0 Å². The third-order valence-corrected chi connectivity index (χ3v) is 2.99. The van der Waals surface area contributed by atoms with E-state index in [1.807, 2.05) is 0 Å². The van der Waals surface area contributed by atoms with Crippen LogP contribution in [0.25, 0.3) is 0 Å². The molecule has 0 bridgehead atoms. The molecule has 0 saturated heterocycles. The molecule has 3 nitrogen and oxygen atoms in total. The van der Waals surface area contributed by atoms with Crippen LogP contribution in [0, 0.1) is 0 Å². The van der Waals surface area contributed by atoms with Gasteiger partial charge >= 0.3 is 6.55 Å². The molecule has 0 aliphatic carbocycles. The average Bonchev–Trinajstić information content (AvgIpc) is 2.00. The maximum Gasteiger partial charge on any atom is 0.336 e. The van der Waals surface area contributed by atoms with Gasteiger partial charge in [0.15, 0.2) is 0 Å². The van der Waals surface area contributed by atoms with E-state index in [0.29, 0.717) is 4.47 Å². The molecular formula is C5H2Br2F2N2O. The molecule has 0 radical (unpaired) electrons. The van der Waals surface area contributed by atoms with Crippen molar-refractivity contribution in [2.24, 2.45) is 0 Å². The largest absolute Gasteiger partial charge is 0.336 e. The summed E-state index contributed by atoms with van der Waals surface area (Å²) in [6, 6.07) is 0. The Morgan fingerprint density at radius 2 is 2.08 bits per heavy atom. The first-order chi connectivity index (χ1) is 5.54. The molecule has 1 rings (SSSR count). The third kappa shape index (κ3) is 1.71. The molecule has 1 heterocycles. The van der Waals surface area contributed by atoms with Crippen molar-refractivity contribution in [3.8, 4) is 0 Å². The highest BCUT2D eigenvalue weighted by Gasteiger charge is 2.12. The van der Waals surface area contributed by atoms with E-state index < -0.39 is 12.1 Å². The van der Waals surface area contributed by atoms with E-state index in [2.05, 4.69) is 37.0 Å². The number of aromatic nitrogens is 2. The van der Waals surface area contributed by atoms with E-state index in [-0.39, 0.29) is 9.15 Å². The first-order valence-corrected chi connectivity index (χ1v) is 4.33. The maximum absolute atomic E-state index is 12.0. The predicted molar refractivity (Wildman–Crippen MR) is 45.1 cm³/mol. The van der Waals surface area contributed by atoms with Crippen LogP contribution in [0.1, 0.15) is 6.55 Å². The Kier molecular flexibility index (Phi) is 2.94. The number of hydrogen-bond acceptors (Lipinski definition) is 2. The zero-order chi connectivity index (χ0) is 9.30. The number of rotatable bonds is 1. The standard InChI is InChI=1S/C5H2Br2F2N2O/c6-2-1-10-11(5(8)9)4(12)3(2)7/h1,5H. The summed E-state index contributed by atoms with van der Waals surface area (Å²) in [4.78, 5) is 11.0. The lowest BCUT2D eigenvalue weighted by molar-refractivity contribution is 0.0507. The van der Waals surface area contributed by atoms with Crippen LogP contribution in [0.15, 0.2) is 19.9 Å². The van der Waals surface area contributed by atoms with Gasteiger partial charge in [-0.15, -0.1) is 0 Å². The van der Waals surface area contributed by atoms with Gasteiger partial charge in [0, 0.05) is 0 Å². The lowest BCUT2D eigenvalue weighted by Gasteiger charge is -2.02. The highest BCUT2D eigenvalue weighted by molar-refractivity contribution is 9.13. The Bertz CT molecular complexity index is 352. The second-order valence-electron chi connectivity index (χ2n) is 1.83. The minimum atomic E-state index is -2.91. The molecule has 0 atom stereocenters. The molecule has 1 aromatic rings. The van der Waals surface area contributed by atoms with Crippen LogP contribution in [0.4, 0.5) is 8.78 Å². The monoisotopic (exact) mass is 302 g/mol. The Hall–Kier alpha value is -0.300. The summed E-state index contributed by atoms with van der Waals surface area (Å²) < 4.78 is 24.5. The predicted octanol–water partition coefficient (Wildman–Crippen LogP) is 2.16. The molecule has 0 aromatic carbocycles. The summed E-state index contributed by atoms with van der Waals surface area (Å²) in [6.45, 7) is -2.91. The summed E-state index contributed by atoms with van der Waals surface area (Å²) >= 11 is 5.81. The SMILES string of the molecule is O=c1c(Br)c(Br)cnn1C(F)F. The second-order valence-corrected chi connectivity index (χ2v) is 3.48. The van der Waals surface area contributed by atoms with Gasteiger partial charge in [0.25, 0.3) is 5.56 Å². The van der Waals surface area contributed by atoms with Gasteiger partial charge in [0.2, 0.25) is 0 Å². The van der Waals surface area contributed by atoms with Gasteiger partial charge in [0.1, 0.15) is 4.47 Å². The number of alkyl halides is 2. The van der Waals surface area contributed by atoms with Crippen LogP contribution in [0.2, 0.25) is 0 Å². The first kappa shape index (κ1) is 9.79. The van der Waals surface area contributed by atoms with E-state index in [1.54, 1.807) is 0 Å². The van der Waals surface area contributed by atoms with Crippen LogP contribution >= 0.6 is 31.9 Å². The number of hydrogen-bond donors (Lipinski definition) is 0. The fourth-order valence-corrected chi connectivity index (χ4v) is 1.11. The minimum absolute atomic E-state index is 0.0396. The van der Waals surface area contributed by atoms with Crippen LogP contribution in [-0.4, -0.2) is 9.78 Å². The van der Waals surface area contributed by atoms with Crippen molar-refractivity contribution in [2.75, 3.05) is 0 Å². The van der Waals surface area contributed by atoms with Gasteiger partial charge in [-0.05, 0) is 31.9 Å². The third-order valence-electron chi connectivity index (χ3n) is 1.09. The summed E-state index contributed by atoms with van der Waals surface area (Å²) in [6.07, 6.45) is 1.12. The normalized spacial score (nSPS) is 10.8. The van der Waals surface area contributed by atoms with E-state index in [4.69, 9.17) is 0 Å². The van der Waals surface area contributed by atoms with Gasteiger partial charge in [0.05, 0.1) is 10.7 Å². The van der Waals surface area contributed by atoms with Crippen LogP contribution in [0.3, 0.4) is 0 Å². The first-order valence-electron chi connectivity index (χ1n) is 2.75. The quantitative estimate of drug-likeness (QED) is 0.797. The number of halogens is 4. The zero-order valence-corrected chi connectivity index (χ0v) is 8.64. The van der Waals surface area contributed by atoms with Crippen LogP contribution in [-0.2, 0) is 0 Å². The highest BCUT2D eigenvalue weighted by Crippen LogP contribution is 2.17. The van der Waals surface area contributed by atoms with Crippen molar-refractivity contribution in [2.45, 2.75) is 6.55 Å². The van der Waals surface area contributed by atoms with Gasteiger partial charge in [-0.2, -0.15) is 18.6 Å². The molecule has 12 heavy (non-hydrogen) atoms. The fourth-order valence-electron chi connectivity index (χ4n) is 0.564. The molecule has 0 spiro atoms. The summed E-state index contributed by atoms with van der Waals surface area (Å²) in [7, 11) is 0. The summed E-state index contributed by atoms with van der Waals surface area (Å²) in [5.74, 6) is 0. The van der Waals surface area contributed by atoms with Crippen molar-refractivity contribution < 1.29 is 8.78 Å². The molecule has 0 fully saturated rings. The van der Waals surface area contributed by atoms with E-state index in [1.165, 1.54) is 0 Å². The molecule has 7 heteroatoms. The van der Waals surface area contributed by atoms with Crippen LogP contribution < -0.4 is 5.56 Å². The zero-order valence-electron chi connectivity index (χ0n) is 5.47. The lowest BCUT2D eigenvalue weighted by atomic mass is 10.6. The smallest absolute Gasteiger partial charge is 0.266 e. The maximum atomic E-state index is 12.0. The molecule has 0 N–H and O–H groups in total. The van der Waals surface area contributed by atoms with E-state index >= 15 is 0 Å². The van der Waals surface area contributed by atoms with Gasteiger partial charge < -0.3 is 0 Å². The van der Waals surface area contributed by atoms with E-state index in [9.17, 15) is 13.6 Å². The molecule has 66 valence electrons. The van der Waals surface area contributed by atoms with Crippen molar-refractivity contribution >= 4 is 31.9 Å². The van der Waals surface area contributed by atoms with Gasteiger partial charge in [-0.1, -0.05) is 0 Å². The van der Waals surface area contributed by atoms with Gasteiger partial charge in [-0.3, -0.25) is 4.79 Å². The van der Waals surface area contributed by atoms with Crippen molar-refractivity contribution in [3.63, 3.8) is 0 Å². The van der Waals surface area contributed by atoms with Crippen molar-refractivity contribution in [3.05, 3.63) is 25.5 Å². The van der Waals surface area contributed by atoms with Crippen molar-refractivity contribution in [1.29, 1.82) is 0 Å².